The third kappa shape index (κ3) is 4.37. The van der Waals surface area contributed by atoms with E-state index in [-0.39, 0.29) is 23.4 Å². The largest absolute Gasteiger partial charge is 0.467 e. The van der Waals surface area contributed by atoms with Gasteiger partial charge in [-0.15, -0.1) is 11.3 Å². The molecule has 1 saturated heterocycles. The van der Waals surface area contributed by atoms with E-state index in [1.54, 1.807) is 23.3 Å². The molecule has 2 atom stereocenters. The van der Waals surface area contributed by atoms with Crippen LogP contribution >= 0.6 is 11.3 Å². The zero-order valence-corrected chi connectivity index (χ0v) is 18.6. The van der Waals surface area contributed by atoms with E-state index in [1.165, 1.54) is 18.2 Å². The topological polar surface area (TPSA) is 68.7 Å². The summed E-state index contributed by atoms with van der Waals surface area (Å²) in [6.07, 6.45) is 7.20. The normalized spacial score (nSPS) is 23.6. The maximum Gasteiger partial charge on any atom is 0.328 e. The summed E-state index contributed by atoms with van der Waals surface area (Å²) in [6, 6.07) is 7.65. The highest BCUT2D eigenvalue weighted by molar-refractivity contribution is 7.18. The number of hydrogen-bond donors (Lipinski definition) is 0. The van der Waals surface area contributed by atoms with Crippen LogP contribution in [0.15, 0.2) is 24.3 Å². The van der Waals surface area contributed by atoms with Crippen molar-refractivity contribution in [1.82, 2.24) is 9.88 Å². The van der Waals surface area contributed by atoms with Crippen molar-refractivity contribution >= 4 is 33.4 Å². The van der Waals surface area contributed by atoms with Crippen molar-refractivity contribution in [2.45, 2.75) is 63.5 Å². The smallest absolute Gasteiger partial charge is 0.328 e. The van der Waals surface area contributed by atoms with Crippen LogP contribution in [0.25, 0.3) is 10.2 Å². The molecule has 2 aromatic rings. The van der Waals surface area contributed by atoms with Crippen molar-refractivity contribution < 1.29 is 19.1 Å². The lowest BCUT2D eigenvalue weighted by Crippen LogP contribution is -2.44. The zero-order chi connectivity index (χ0) is 21.1. The SMILES string of the molecule is COC(=O)[C@H]1C[C@@H](OC)CN1C(=O)CC1(Cc2nc3ccccc3s2)CCCCC1. The van der Waals surface area contributed by atoms with Gasteiger partial charge < -0.3 is 14.4 Å². The number of nitrogens with zero attached hydrogens (tertiary/aromatic N) is 2. The van der Waals surface area contributed by atoms with E-state index in [0.29, 0.717) is 19.4 Å². The molecule has 0 radical (unpaired) electrons. The first-order valence-electron chi connectivity index (χ1n) is 10.8. The van der Waals surface area contributed by atoms with Crippen molar-refractivity contribution in [3.05, 3.63) is 29.3 Å². The molecule has 0 bridgehead atoms. The Bertz CT molecular complexity index is 872. The van der Waals surface area contributed by atoms with Gasteiger partial charge in [0.15, 0.2) is 0 Å². The molecule has 162 valence electrons. The monoisotopic (exact) mass is 430 g/mol. The number of hydrogen-bond acceptors (Lipinski definition) is 6. The minimum Gasteiger partial charge on any atom is -0.467 e. The summed E-state index contributed by atoms with van der Waals surface area (Å²) in [7, 11) is 3.00. The summed E-state index contributed by atoms with van der Waals surface area (Å²) in [5, 5.41) is 1.10. The number of aromatic nitrogens is 1. The number of carbonyl (C=O) groups is 2. The number of amides is 1. The van der Waals surface area contributed by atoms with Crippen LogP contribution in [-0.2, 0) is 25.5 Å². The number of ether oxygens (including phenoxy) is 2. The molecule has 2 heterocycles. The van der Waals surface area contributed by atoms with E-state index in [4.69, 9.17) is 14.5 Å². The Hall–Kier alpha value is -1.99. The fourth-order valence-electron chi connectivity index (χ4n) is 5.06. The van der Waals surface area contributed by atoms with Crippen LogP contribution in [-0.4, -0.2) is 54.7 Å². The molecule has 6 nitrogen and oxygen atoms in total. The van der Waals surface area contributed by atoms with Crippen LogP contribution in [0.3, 0.4) is 0 Å². The average Bonchev–Trinajstić information content (AvgIpc) is 3.37. The minimum atomic E-state index is -0.546. The number of fused-ring (bicyclic) bond motifs is 1. The Labute approximate surface area is 181 Å². The predicted molar refractivity (Wildman–Crippen MR) is 116 cm³/mol. The Morgan fingerprint density at radius 3 is 2.67 bits per heavy atom. The van der Waals surface area contributed by atoms with Gasteiger partial charge in [-0.2, -0.15) is 0 Å². The van der Waals surface area contributed by atoms with Crippen molar-refractivity contribution in [3.63, 3.8) is 0 Å². The van der Waals surface area contributed by atoms with Crippen LogP contribution in [0.2, 0.25) is 0 Å². The summed E-state index contributed by atoms with van der Waals surface area (Å²) < 4.78 is 11.6. The van der Waals surface area contributed by atoms with Gasteiger partial charge in [0.05, 0.1) is 28.4 Å². The number of likely N-dealkylation sites (tertiary alicyclic amines) is 1. The lowest BCUT2D eigenvalue weighted by molar-refractivity contribution is -0.152. The fraction of sp³-hybridized carbons (Fsp3) is 0.609. The summed E-state index contributed by atoms with van der Waals surface area (Å²) in [6.45, 7) is 0.451. The van der Waals surface area contributed by atoms with E-state index < -0.39 is 6.04 Å². The Kier molecular flexibility index (Phi) is 6.39. The van der Waals surface area contributed by atoms with Gasteiger partial charge in [0.25, 0.3) is 0 Å². The maximum absolute atomic E-state index is 13.4. The van der Waals surface area contributed by atoms with Crippen LogP contribution in [0, 0.1) is 5.41 Å². The zero-order valence-electron chi connectivity index (χ0n) is 17.8. The van der Waals surface area contributed by atoms with Gasteiger partial charge in [0.1, 0.15) is 6.04 Å². The molecular weight excluding hydrogens is 400 g/mol. The molecule has 1 aromatic carbocycles. The van der Waals surface area contributed by atoms with E-state index in [1.807, 2.05) is 18.2 Å². The van der Waals surface area contributed by atoms with Gasteiger partial charge in [0, 0.05) is 32.9 Å². The van der Waals surface area contributed by atoms with Gasteiger partial charge in [-0.25, -0.2) is 9.78 Å². The fourth-order valence-corrected chi connectivity index (χ4v) is 6.20. The van der Waals surface area contributed by atoms with Crippen molar-refractivity contribution in [2.75, 3.05) is 20.8 Å². The van der Waals surface area contributed by atoms with Crippen molar-refractivity contribution in [2.24, 2.45) is 5.41 Å². The summed E-state index contributed by atoms with van der Waals surface area (Å²) in [5.41, 5.74) is 0.942. The Morgan fingerprint density at radius 2 is 1.97 bits per heavy atom. The molecule has 0 N–H and O–H groups in total. The second-order valence-corrected chi connectivity index (χ2v) is 9.78. The van der Waals surface area contributed by atoms with Crippen LogP contribution < -0.4 is 0 Å². The van der Waals surface area contributed by atoms with Crippen LogP contribution in [0.5, 0.6) is 0 Å². The third-order valence-corrected chi connectivity index (χ3v) is 7.73. The number of para-hydroxylation sites is 1. The summed E-state index contributed by atoms with van der Waals surface area (Å²) >= 11 is 1.73. The van der Waals surface area contributed by atoms with Crippen molar-refractivity contribution in [3.8, 4) is 0 Å². The summed E-state index contributed by atoms with van der Waals surface area (Å²) in [4.78, 5) is 32.2. The molecule has 0 unspecified atom stereocenters. The molecule has 1 amide bonds. The number of methoxy groups -OCH3 is 2. The minimum absolute atomic E-state index is 0.0351. The quantitative estimate of drug-likeness (QED) is 0.649. The van der Waals surface area contributed by atoms with Gasteiger partial charge in [-0.05, 0) is 30.4 Å². The first-order valence-corrected chi connectivity index (χ1v) is 11.6. The number of benzene rings is 1. The highest BCUT2D eigenvalue weighted by Crippen LogP contribution is 2.44. The van der Waals surface area contributed by atoms with Crippen LogP contribution in [0.4, 0.5) is 0 Å². The molecule has 4 rings (SSSR count). The number of esters is 1. The van der Waals surface area contributed by atoms with E-state index in [0.717, 1.165) is 42.6 Å². The molecular formula is C23H30N2O4S. The molecule has 7 heteroatoms. The Balaban J connectivity index is 1.54. The molecule has 1 aliphatic carbocycles. The average molecular weight is 431 g/mol. The number of rotatable bonds is 6. The number of thiazole rings is 1. The van der Waals surface area contributed by atoms with E-state index >= 15 is 0 Å². The second kappa shape index (κ2) is 9.02. The predicted octanol–water partition coefficient (Wildman–Crippen LogP) is 3.97. The molecule has 1 saturated carbocycles. The van der Waals surface area contributed by atoms with Crippen LogP contribution in [0.1, 0.15) is 50.0 Å². The number of carbonyl (C=O) groups excluding carboxylic acids is 2. The maximum atomic E-state index is 13.4. The van der Waals surface area contributed by atoms with Gasteiger partial charge >= 0.3 is 5.97 Å². The Morgan fingerprint density at radius 1 is 1.20 bits per heavy atom. The molecule has 2 aliphatic rings. The van der Waals surface area contributed by atoms with Gasteiger partial charge in [-0.1, -0.05) is 31.4 Å². The lowest BCUT2D eigenvalue weighted by Gasteiger charge is -2.38. The second-order valence-electron chi connectivity index (χ2n) is 8.67. The molecule has 1 aromatic heterocycles. The van der Waals surface area contributed by atoms with Gasteiger partial charge in [0.2, 0.25) is 5.91 Å². The van der Waals surface area contributed by atoms with Gasteiger partial charge in [-0.3, -0.25) is 4.79 Å². The highest BCUT2D eigenvalue weighted by atomic mass is 32.1. The lowest BCUT2D eigenvalue weighted by atomic mass is 9.69. The first-order chi connectivity index (χ1) is 14.5. The molecule has 2 fully saturated rings. The molecule has 30 heavy (non-hydrogen) atoms. The first kappa shape index (κ1) is 21.2. The molecule has 1 aliphatic heterocycles. The highest BCUT2D eigenvalue weighted by Gasteiger charge is 2.43. The van der Waals surface area contributed by atoms with E-state index in [9.17, 15) is 9.59 Å². The third-order valence-electron chi connectivity index (χ3n) is 6.69. The standard InChI is InChI=1S/C23H30N2O4S/c1-28-16-12-18(22(27)29-2)25(15-16)21(26)14-23(10-6-3-7-11-23)13-20-24-17-8-4-5-9-19(17)30-20/h4-5,8-9,16,18H,3,6-7,10-15H2,1-2H3/t16-,18-/m1/s1. The molecule has 0 spiro atoms. The van der Waals surface area contributed by atoms with Crippen molar-refractivity contribution in [1.29, 1.82) is 0 Å². The summed E-state index contributed by atoms with van der Waals surface area (Å²) in [5.74, 6) is -0.320. The van der Waals surface area contributed by atoms with E-state index in [2.05, 4.69) is 6.07 Å².